The summed E-state index contributed by atoms with van der Waals surface area (Å²) in [5, 5.41) is 3.64. The summed E-state index contributed by atoms with van der Waals surface area (Å²) < 4.78 is 13.2. The van der Waals surface area contributed by atoms with Crippen molar-refractivity contribution < 1.29 is 13.6 Å². The molecule has 0 bridgehead atoms. The maximum atomic E-state index is 7.06. The number of aryl methyl sites for hydroxylation is 5. The first-order valence-electron chi connectivity index (χ1n) is 16.1. The number of hydrogen-bond donors (Lipinski definition) is 0. The molecule has 0 N–H and O–H groups in total. The van der Waals surface area contributed by atoms with Gasteiger partial charge in [0.1, 0.15) is 11.2 Å². The van der Waals surface area contributed by atoms with E-state index < -0.39 is 0 Å². The van der Waals surface area contributed by atoms with Crippen molar-refractivity contribution in [2.75, 3.05) is 0 Å². The SMILES string of the molecule is C=C1CC2C(CCc3ccc4c(oc5c4ccc4sc(C)c(C)c45)c3-c3cc(C)c(C)c[n+]31)c1ccccc1-c1cccc[n+]12. The molecule has 3 aromatic carbocycles. The molecule has 220 valence electrons. The lowest BCUT2D eigenvalue weighted by Gasteiger charge is -2.31. The fourth-order valence-electron chi connectivity index (χ4n) is 8.15. The first-order valence-corrected chi connectivity index (χ1v) is 16.9. The van der Waals surface area contributed by atoms with Crippen LogP contribution in [0, 0.1) is 27.7 Å². The summed E-state index contributed by atoms with van der Waals surface area (Å²) in [4.78, 5) is 1.35. The number of thiophene rings is 1. The van der Waals surface area contributed by atoms with Crippen molar-refractivity contribution in [3.05, 3.63) is 124 Å². The van der Waals surface area contributed by atoms with Gasteiger partial charge in [0.25, 0.3) is 0 Å². The molecular formula is C41H36N2OS+2. The first kappa shape index (κ1) is 26.8. The highest BCUT2D eigenvalue weighted by atomic mass is 32.1. The molecule has 6 heterocycles. The second kappa shape index (κ2) is 9.73. The van der Waals surface area contributed by atoms with Crippen LogP contribution in [0.2, 0.25) is 0 Å². The average Bonchev–Trinajstić information content (AvgIpc) is 3.57. The Hall–Kier alpha value is -4.54. The van der Waals surface area contributed by atoms with Crippen molar-refractivity contribution >= 4 is 49.1 Å². The van der Waals surface area contributed by atoms with Gasteiger partial charge in [-0.25, -0.2) is 0 Å². The lowest BCUT2D eigenvalue weighted by molar-refractivity contribution is -0.720. The smallest absolute Gasteiger partial charge is 0.222 e. The maximum Gasteiger partial charge on any atom is 0.222 e. The van der Waals surface area contributed by atoms with Crippen LogP contribution in [0.3, 0.4) is 0 Å². The summed E-state index contributed by atoms with van der Waals surface area (Å²) in [5.41, 5.74) is 14.8. The van der Waals surface area contributed by atoms with Crippen LogP contribution in [0.4, 0.5) is 0 Å². The van der Waals surface area contributed by atoms with Gasteiger partial charge in [-0.3, -0.25) is 0 Å². The van der Waals surface area contributed by atoms with Crippen molar-refractivity contribution in [2.45, 2.75) is 58.9 Å². The van der Waals surface area contributed by atoms with Crippen molar-refractivity contribution in [3.8, 4) is 22.5 Å². The van der Waals surface area contributed by atoms with E-state index >= 15 is 0 Å². The fourth-order valence-corrected chi connectivity index (χ4v) is 9.22. The van der Waals surface area contributed by atoms with Gasteiger partial charge in [0.2, 0.25) is 11.4 Å². The molecule has 45 heavy (non-hydrogen) atoms. The van der Waals surface area contributed by atoms with Gasteiger partial charge in [0.15, 0.2) is 24.1 Å². The predicted octanol–water partition coefficient (Wildman–Crippen LogP) is 10.1. The molecule has 2 aliphatic heterocycles. The number of rotatable bonds is 0. The molecular weight excluding hydrogens is 569 g/mol. The van der Waals surface area contributed by atoms with Gasteiger partial charge in [-0.2, -0.15) is 9.13 Å². The van der Waals surface area contributed by atoms with Gasteiger partial charge in [-0.15, -0.1) is 11.3 Å². The normalized spacial score (nSPS) is 17.6. The summed E-state index contributed by atoms with van der Waals surface area (Å²) in [6.45, 7) is 13.7. The summed E-state index contributed by atoms with van der Waals surface area (Å²) in [6, 6.07) is 27.5. The zero-order chi connectivity index (χ0) is 30.6. The molecule has 0 amide bonds. The van der Waals surface area contributed by atoms with E-state index in [-0.39, 0.29) is 6.04 Å². The van der Waals surface area contributed by atoms with Crippen LogP contribution in [-0.4, -0.2) is 0 Å². The van der Waals surface area contributed by atoms with Gasteiger partial charge < -0.3 is 4.42 Å². The Balaban J connectivity index is 1.33. The van der Waals surface area contributed by atoms with E-state index in [0.717, 1.165) is 36.1 Å². The highest BCUT2D eigenvalue weighted by Crippen LogP contribution is 2.47. The minimum atomic E-state index is 0.278. The highest BCUT2D eigenvalue weighted by Gasteiger charge is 2.42. The third-order valence-electron chi connectivity index (χ3n) is 10.7. The molecule has 7 aromatic rings. The van der Waals surface area contributed by atoms with Gasteiger partial charge in [-0.1, -0.05) is 30.3 Å². The Kier molecular flexibility index (Phi) is 5.80. The third-order valence-corrected chi connectivity index (χ3v) is 11.9. The molecule has 0 saturated carbocycles. The number of pyridine rings is 2. The number of aromatic nitrogens is 2. The van der Waals surface area contributed by atoms with Crippen molar-refractivity contribution in [1.29, 1.82) is 0 Å². The molecule has 0 aliphatic carbocycles. The van der Waals surface area contributed by atoms with E-state index in [0.29, 0.717) is 5.92 Å². The van der Waals surface area contributed by atoms with Crippen molar-refractivity contribution in [1.82, 2.24) is 0 Å². The van der Waals surface area contributed by atoms with Gasteiger partial charge in [0.05, 0.1) is 12.0 Å². The number of nitrogens with zero attached hydrogens (tertiary/aromatic N) is 2. The lowest BCUT2D eigenvalue weighted by atomic mass is 9.77. The molecule has 0 fully saturated rings. The Bertz CT molecular complexity index is 2390. The van der Waals surface area contributed by atoms with Crippen LogP contribution in [0.1, 0.15) is 57.5 Å². The Labute approximate surface area is 267 Å². The van der Waals surface area contributed by atoms with E-state index in [1.165, 1.54) is 76.1 Å². The average molecular weight is 605 g/mol. The molecule has 2 aliphatic rings. The van der Waals surface area contributed by atoms with E-state index in [1.54, 1.807) is 0 Å². The Morgan fingerprint density at radius 1 is 0.844 bits per heavy atom. The Morgan fingerprint density at radius 3 is 2.53 bits per heavy atom. The zero-order valence-electron chi connectivity index (χ0n) is 26.3. The summed E-state index contributed by atoms with van der Waals surface area (Å²) in [7, 11) is 0. The first-order chi connectivity index (χ1) is 21.9. The predicted molar refractivity (Wildman–Crippen MR) is 186 cm³/mol. The van der Waals surface area contributed by atoms with E-state index in [9.17, 15) is 0 Å². The summed E-state index contributed by atoms with van der Waals surface area (Å²) in [6.07, 6.45) is 7.45. The number of furan rings is 1. The zero-order valence-corrected chi connectivity index (χ0v) is 27.1. The van der Waals surface area contributed by atoms with Crippen LogP contribution < -0.4 is 9.13 Å². The number of benzene rings is 3. The summed E-state index contributed by atoms with van der Waals surface area (Å²) >= 11 is 1.86. The van der Waals surface area contributed by atoms with Crippen LogP contribution in [0.25, 0.3) is 60.2 Å². The van der Waals surface area contributed by atoms with E-state index in [4.69, 9.17) is 11.0 Å². The molecule has 0 radical (unpaired) electrons. The molecule has 2 unspecified atom stereocenters. The van der Waals surface area contributed by atoms with Crippen molar-refractivity contribution in [3.63, 3.8) is 0 Å². The number of allylic oxidation sites excluding steroid dienone is 1. The quantitative estimate of drug-likeness (QED) is 0.158. The number of fused-ring (bicyclic) bond motifs is 15. The Morgan fingerprint density at radius 2 is 1.64 bits per heavy atom. The molecule has 3 nitrogen and oxygen atoms in total. The van der Waals surface area contributed by atoms with E-state index in [2.05, 4.69) is 122 Å². The molecule has 2 atom stereocenters. The van der Waals surface area contributed by atoms with E-state index in [1.807, 2.05) is 11.3 Å². The topological polar surface area (TPSA) is 20.9 Å². The molecule has 9 rings (SSSR count). The molecule has 0 spiro atoms. The molecule has 0 saturated heterocycles. The van der Waals surface area contributed by atoms with Crippen LogP contribution >= 0.6 is 11.3 Å². The molecule has 4 heteroatoms. The maximum absolute atomic E-state index is 7.06. The second-order valence-electron chi connectivity index (χ2n) is 13.1. The standard InChI is InChI=1S/C41H36N2OS/c1-23-20-36-39-28(14-16-32-33-17-18-37-38(26(4)27(5)45-37)40(33)44-41(32)39)13-15-31-29-10-6-7-11-30(29)34-12-8-9-19-42(34)35(31)21-25(3)43(36)22-24(23)2/h6-12,14,16-20,22,31,35H,3,13,15,21H2,1-2,4-5H3/q+2. The number of hydrogen-bond acceptors (Lipinski definition) is 2. The van der Waals surface area contributed by atoms with Gasteiger partial charge in [-0.05, 0) is 93.6 Å². The monoisotopic (exact) mass is 604 g/mol. The largest absolute Gasteiger partial charge is 0.454 e. The minimum Gasteiger partial charge on any atom is -0.454 e. The van der Waals surface area contributed by atoms with Crippen LogP contribution in [-0.2, 0) is 6.42 Å². The fraction of sp³-hybridized carbons (Fsp3) is 0.220. The van der Waals surface area contributed by atoms with Crippen LogP contribution in [0.5, 0.6) is 0 Å². The second-order valence-corrected chi connectivity index (χ2v) is 14.4. The highest BCUT2D eigenvalue weighted by molar-refractivity contribution is 7.19. The van der Waals surface area contributed by atoms with Crippen LogP contribution in [0.15, 0.2) is 96.2 Å². The van der Waals surface area contributed by atoms with Gasteiger partial charge >= 0.3 is 0 Å². The molecule has 4 aromatic heterocycles. The van der Waals surface area contributed by atoms with Crippen molar-refractivity contribution in [2.24, 2.45) is 0 Å². The summed E-state index contributed by atoms with van der Waals surface area (Å²) in [5.74, 6) is 0.363. The van der Waals surface area contributed by atoms with Gasteiger partial charge in [0, 0.05) is 61.0 Å². The minimum absolute atomic E-state index is 0.278. The lowest BCUT2D eigenvalue weighted by Crippen LogP contribution is -2.49. The third kappa shape index (κ3) is 3.82.